The van der Waals surface area contributed by atoms with Gasteiger partial charge in [-0.1, -0.05) is 18.2 Å². The molecule has 122 valence electrons. The third kappa shape index (κ3) is 2.90. The highest BCUT2D eigenvalue weighted by Crippen LogP contribution is 2.29. The Bertz CT molecular complexity index is 851. The van der Waals surface area contributed by atoms with Gasteiger partial charge in [0, 0.05) is 42.9 Å². The van der Waals surface area contributed by atoms with Gasteiger partial charge in [-0.3, -0.25) is 10.00 Å². The molecular weight excluding hydrogens is 305 g/mol. The Morgan fingerprint density at radius 2 is 2.17 bits per heavy atom. The fraction of sp³-hybridized carbons (Fsp3) is 0.211. The van der Waals surface area contributed by atoms with Crippen molar-refractivity contribution in [2.24, 2.45) is 0 Å². The van der Waals surface area contributed by atoms with E-state index in [9.17, 15) is 4.39 Å². The Labute approximate surface area is 139 Å². The second kappa shape index (κ2) is 6.45. The molecule has 1 aliphatic heterocycles. The van der Waals surface area contributed by atoms with Crippen LogP contribution in [0.25, 0.3) is 17.3 Å². The number of nitrogens with zero attached hydrogens (tertiary/aromatic N) is 2. The minimum atomic E-state index is -0.235. The molecule has 0 amide bonds. The van der Waals surface area contributed by atoms with E-state index in [0.29, 0.717) is 5.56 Å². The van der Waals surface area contributed by atoms with Crippen LogP contribution in [0, 0.1) is 5.82 Å². The maximum atomic E-state index is 14.1. The normalized spacial score (nSPS) is 15.0. The summed E-state index contributed by atoms with van der Waals surface area (Å²) in [6, 6.07) is 10.6. The van der Waals surface area contributed by atoms with Crippen LogP contribution in [0.2, 0.25) is 0 Å². The number of rotatable bonds is 4. The van der Waals surface area contributed by atoms with Crippen LogP contribution in [0.5, 0.6) is 0 Å². The van der Waals surface area contributed by atoms with E-state index in [1.807, 2.05) is 24.3 Å². The van der Waals surface area contributed by atoms with Crippen LogP contribution >= 0.6 is 0 Å². The lowest BCUT2D eigenvalue weighted by Gasteiger charge is -2.25. The van der Waals surface area contributed by atoms with Gasteiger partial charge >= 0.3 is 0 Å². The summed E-state index contributed by atoms with van der Waals surface area (Å²) in [4.78, 5) is 2.32. The van der Waals surface area contributed by atoms with Crippen LogP contribution in [0.15, 0.2) is 53.2 Å². The molecule has 0 spiro atoms. The molecule has 1 aliphatic rings. The molecule has 5 heteroatoms. The molecule has 0 fully saturated rings. The summed E-state index contributed by atoms with van der Waals surface area (Å²) in [5.41, 5.74) is 3.49. The van der Waals surface area contributed by atoms with Gasteiger partial charge in [0.2, 0.25) is 0 Å². The van der Waals surface area contributed by atoms with Gasteiger partial charge in [-0.05, 0) is 30.3 Å². The Hall–Kier alpha value is -2.66. The van der Waals surface area contributed by atoms with Crippen molar-refractivity contribution in [1.82, 2.24) is 15.1 Å². The summed E-state index contributed by atoms with van der Waals surface area (Å²) in [5, 5.41) is 7.43. The molecule has 0 saturated heterocycles. The van der Waals surface area contributed by atoms with Gasteiger partial charge in [0.05, 0.1) is 12.0 Å². The van der Waals surface area contributed by atoms with Crippen LogP contribution in [0.3, 0.4) is 0 Å². The van der Waals surface area contributed by atoms with E-state index in [1.54, 1.807) is 18.4 Å². The van der Waals surface area contributed by atoms with Crippen molar-refractivity contribution in [3.05, 3.63) is 71.6 Å². The standard InChI is InChI=1S/C19H18FN3O/c20-17-8-2-1-7-15(17)19-16-13-23(11-9-18(16)21-22-19)10-3-5-14-6-4-12-24-14/h1-8,12H,9-11,13H2,(H,21,22)/b5-3+. The van der Waals surface area contributed by atoms with E-state index in [2.05, 4.69) is 21.2 Å². The summed E-state index contributed by atoms with van der Waals surface area (Å²) in [6.07, 6.45) is 6.62. The van der Waals surface area contributed by atoms with Crippen LogP contribution in [0.4, 0.5) is 4.39 Å². The first-order valence-corrected chi connectivity index (χ1v) is 8.04. The average Bonchev–Trinajstić information content (AvgIpc) is 3.25. The molecule has 0 radical (unpaired) electrons. The fourth-order valence-electron chi connectivity index (χ4n) is 3.09. The third-order valence-electron chi connectivity index (χ3n) is 4.33. The quantitative estimate of drug-likeness (QED) is 0.792. The molecule has 3 heterocycles. The van der Waals surface area contributed by atoms with Crippen LogP contribution in [-0.4, -0.2) is 28.2 Å². The summed E-state index contributed by atoms with van der Waals surface area (Å²) in [5.74, 6) is 0.615. The number of aromatic nitrogens is 2. The van der Waals surface area contributed by atoms with Crippen molar-refractivity contribution < 1.29 is 8.81 Å². The summed E-state index contributed by atoms with van der Waals surface area (Å²) < 4.78 is 19.4. The predicted octanol–water partition coefficient (Wildman–Crippen LogP) is 3.88. The first-order valence-electron chi connectivity index (χ1n) is 8.04. The van der Waals surface area contributed by atoms with Gasteiger partial charge in [-0.15, -0.1) is 0 Å². The first-order chi connectivity index (χ1) is 11.8. The molecular formula is C19H18FN3O. The summed E-state index contributed by atoms with van der Waals surface area (Å²) >= 11 is 0. The average molecular weight is 323 g/mol. The zero-order chi connectivity index (χ0) is 16.4. The van der Waals surface area contributed by atoms with Gasteiger partial charge in [-0.25, -0.2) is 4.39 Å². The van der Waals surface area contributed by atoms with Gasteiger partial charge in [0.1, 0.15) is 11.6 Å². The monoisotopic (exact) mass is 323 g/mol. The molecule has 0 atom stereocenters. The second-order valence-corrected chi connectivity index (χ2v) is 5.91. The minimum absolute atomic E-state index is 0.235. The Kier molecular flexibility index (Phi) is 4.01. The van der Waals surface area contributed by atoms with E-state index in [4.69, 9.17) is 4.42 Å². The van der Waals surface area contributed by atoms with Crippen molar-refractivity contribution in [1.29, 1.82) is 0 Å². The molecule has 1 N–H and O–H groups in total. The van der Waals surface area contributed by atoms with Gasteiger partial charge in [-0.2, -0.15) is 5.10 Å². The zero-order valence-corrected chi connectivity index (χ0v) is 13.2. The molecule has 1 aromatic carbocycles. The molecule has 4 nitrogen and oxygen atoms in total. The molecule has 0 unspecified atom stereocenters. The van der Waals surface area contributed by atoms with E-state index >= 15 is 0 Å². The number of furan rings is 1. The van der Waals surface area contributed by atoms with Crippen molar-refractivity contribution in [3.63, 3.8) is 0 Å². The number of benzene rings is 1. The molecule has 24 heavy (non-hydrogen) atoms. The lowest BCUT2D eigenvalue weighted by molar-refractivity contribution is 0.281. The van der Waals surface area contributed by atoms with Crippen molar-refractivity contribution in [2.75, 3.05) is 13.1 Å². The van der Waals surface area contributed by atoms with E-state index in [-0.39, 0.29) is 5.82 Å². The SMILES string of the molecule is Fc1ccccc1-c1n[nH]c2c1CN(C/C=C/c1ccco1)CC2. The largest absolute Gasteiger partial charge is 0.465 e. The summed E-state index contributed by atoms with van der Waals surface area (Å²) in [7, 11) is 0. The van der Waals surface area contributed by atoms with E-state index in [1.165, 1.54) is 6.07 Å². The predicted molar refractivity (Wildman–Crippen MR) is 90.7 cm³/mol. The lowest BCUT2D eigenvalue weighted by Crippen LogP contribution is -2.30. The molecule has 0 saturated carbocycles. The van der Waals surface area contributed by atoms with Crippen LogP contribution < -0.4 is 0 Å². The van der Waals surface area contributed by atoms with Gasteiger partial charge < -0.3 is 4.42 Å². The highest BCUT2D eigenvalue weighted by atomic mass is 19.1. The number of aromatic amines is 1. The number of nitrogens with one attached hydrogen (secondary N) is 1. The zero-order valence-electron chi connectivity index (χ0n) is 13.2. The number of H-pyrrole nitrogens is 1. The molecule has 0 aliphatic carbocycles. The number of halogens is 1. The highest BCUT2D eigenvalue weighted by molar-refractivity contribution is 5.65. The topological polar surface area (TPSA) is 45.1 Å². The Morgan fingerprint density at radius 3 is 3.00 bits per heavy atom. The van der Waals surface area contributed by atoms with Crippen LogP contribution in [0.1, 0.15) is 17.0 Å². The van der Waals surface area contributed by atoms with Crippen LogP contribution in [-0.2, 0) is 13.0 Å². The number of fused-ring (bicyclic) bond motifs is 1. The lowest BCUT2D eigenvalue weighted by atomic mass is 10.0. The number of hydrogen-bond donors (Lipinski definition) is 1. The van der Waals surface area contributed by atoms with Gasteiger partial charge in [0.15, 0.2) is 0 Å². The smallest absolute Gasteiger partial charge is 0.132 e. The second-order valence-electron chi connectivity index (χ2n) is 5.91. The first kappa shape index (κ1) is 14.9. The number of hydrogen-bond acceptors (Lipinski definition) is 3. The Morgan fingerprint density at radius 1 is 1.25 bits per heavy atom. The molecule has 3 aromatic rings. The van der Waals surface area contributed by atoms with Crippen molar-refractivity contribution >= 4 is 6.08 Å². The van der Waals surface area contributed by atoms with E-state index in [0.717, 1.165) is 48.8 Å². The van der Waals surface area contributed by atoms with Crippen molar-refractivity contribution in [2.45, 2.75) is 13.0 Å². The minimum Gasteiger partial charge on any atom is -0.465 e. The third-order valence-corrected chi connectivity index (χ3v) is 4.33. The highest BCUT2D eigenvalue weighted by Gasteiger charge is 2.23. The molecule has 0 bridgehead atoms. The summed E-state index contributed by atoms with van der Waals surface area (Å²) in [6.45, 7) is 2.54. The fourth-order valence-corrected chi connectivity index (χ4v) is 3.09. The van der Waals surface area contributed by atoms with Crippen molar-refractivity contribution in [3.8, 4) is 11.3 Å². The van der Waals surface area contributed by atoms with Gasteiger partial charge in [0.25, 0.3) is 0 Å². The maximum absolute atomic E-state index is 14.1. The Balaban J connectivity index is 1.52. The molecule has 4 rings (SSSR count). The molecule has 2 aromatic heterocycles. The van der Waals surface area contributed by atoms with E-state index < -0.39 is 0 Å². The maximum Gasteiger partial charge on any atom is 0.132 e.